The van der Waals surface area contributed by atoms with Crippen LogP contribution in [-0.2, 0) is 9.53 Å². The van der Waals surface area contributed by atoms with Crippen molar-refractivity contribution in [2.45, 2.75) is 31.6 Å². The molecule has 3 heterocycles. The van der Waals surface area contributed by atoms with Crippen LogP contribution in [0.25, 0.3) is 0 Å². The molecule has 0 radical (unpaired) electrons. The molecule has 0 aromatic carbocycles. The smallest absolute Gasteiger partial charge is 0.225 e. The van der Waals surface area contributed by atoms with Crippen molar-refractivity contribution < 1.29 is 9.53 Å². The van der Waals surface area contributed by atoms with Crippen molar-refractivity contribution in [3.8, 4) is 0 Å². The lowest BCUT2D eigenvalue weighted by atomic mass is 9.94. The Bertz CT molecular complexity index is 415. The number of piperidine rings is 1. The van der Waals surface area contributed by atoms with Crippen LogP contribution in [-0.4, -0.2) is 42.1 Å². The van der Waals surface area contributed by atoms with E-state index in [4.69, 9.17) is 4.74 Å². The van der Waals surface area contributed by atoms with Gasteiger partial charge in [0.25, 0.3) is 0 Å². The number of likely N-dealkylation sites (tertiary alicyclic amines) is 1. The molecule has 104 valence electrons. The summed E-state index contributed by atoms with van der Waals surface area (Å²) in [4.78, 5) is 19.0. The number of nitrogens with zero attached hydrogens (tertiary/aromatic N) is 2. The zero-order chi connectivity index (χ0) is 13.1. The lowest BCUT2D eigenvalue weighted by Gasteiger charge is -2.35. The first kappa shape index (κ1) is 13.1. The molecule has 1 aromatic rings. The number of amides is 1. The predicted molar refractivity (Wildman–Crippen MR) is 74.2 cm³/mol. The first-order valence-electron chi connectivity index (χ1n) is 7.10. The van der Waals surface area contributed by atoms with E-state index in [0.29, 0.717) is 11.8 Å². The van der Waals surface area contributed by atoms with E-state index in [-0.39, 0.29) is 5.92 Å². The fourth-order valence-corrected chi connectivity index (χ4v) is 3.79. The van der Waals surface area contributed by atoms with E-state index in [1.165, 1.54) is 5.01 Å². The molecule has 1 atom stereocenters. The van der Waals surface area contributed by atoms with Gasteiger partial charge in [0.05, 0.1) is 5.01 Å². The monoisotopic (exact) mass is 280 g/mol. The summed E-state index contributed by atoms with van der Waals surface area (Å²) in [7, 11) is 0. The van der Waals surface area contributed by atoms with E-state index < -0.39 is 0 Å². The Morgan fingerprint density at radius 1 is 1.37 bits per heavy atom. The van der Waals surface area contributed by atoms with Crippen LogP contribution in [0.4, 0.5) is 0 Å². The minimum absolute atomic E-state index is 0.184. The van der Waals surface area contributed by atoms with Crippen LogP contribution in [0.3, 0.4) is 0 Å². The lowest BCUT2D eigenvalue weighted by Crippen LogP contribution is -2.43. The Labute approximate surface area is 117 Å². The Balaban J connectivity index is 1.62. The molecule has 2 aliphatic heterocycles. The SMILES string of the molecule is O=C(C1CCOCC1)N1CCC[C@@H](c2nccs2)C1. The van der Waals surface area contributed by atoms with E-state index in [0.717, 1.165) is 52.0 Å². The van der Waals surface area contributed by atoms with Crippen molar-refractivity contribution in [1.29, 1.82) is 0 Å². The van der Waals surface area contributed by atoms with Gasteiger partial charge in [0.15, 0.2) is 0 Å². The van der Waals surface area contributed by atoms with Crippen LogP contribution in [0.15, 0.2) is 11.6 Å². The van der Waals surface area contributed by atoms with E-state index in [9.17, 15) is 4.79 Å². The average molecular weight is 280 g/mol. The van der Waals surface area contributed by atoms with E-state index in [1.54, 1.807) is 11.3 Å². The van der Waals surface area contributed by atoms with Gasteiger partial charge >= 0.3 is 0 Å². The lowest BCUT2D eigenvalue weighted by molar-refractivity contribution is -0.139. The summed E-state index contributed by atoms with van der Waals surface area (Å²) in [5.74, 6) is 0.964. The number of rotatable bonds is 2. The minimum atomic E-state index is 0.184. The summed E-state index contributed by atoms with van der Waals surface area (Å²) in [5.41, 5.74) is 0. The first-order valence-corrected chi connectivity index (χ1v) is 7.98. The van der Waals surface area contributed by atoms with E-state index in [1.807, 2.05) is 11.6 Å². The van der Waals surface area contributed by atoms with Crippen molar-refractivity contribution in [2.75, 3.05) is 26.3 Å². The number of hydrogen-bond donors (Lipinski definition) is 0. The Morgan fingerprint density at radius 2 is 2.21 bits per heavy atom. The third kappa shape index (κ3) is 2.98. The molecule has 0 unspecified atom stereocenters. The number of hydrogen-bond acceptors (Lipinski definition) is 4. The molecule has 1 amide bonds. The summed E-state index contributed by atoms with van der Waals surface area (Å²) in [6, 6.07) is 0. The highest BCUT2D eigenvalue weighted by Gasteiger charge is 2.31. The molecule has 2 saturated heterocycles. The van der Waals surface area contributed by atoms with Crippen molar-refractivity contribution in [1.82, 2.24) is 9.88 Å². The van der Waals surface area contributed by atoms with Crippen molar-refractivity contribution in [3.05, 3.63) is 16.6 Å². The maximum atomic E-state index is 12.5. The van der Waals surface area contributed by atoms with Gasteiger partial charge in [-0.3, -0.25) is 4.79 Å². The van der Waals surface area contributed by atoms with Crippen LogP contribution < -0.4 is 0 Å². The zero-order valence-electron chi connectivity index (χ0n) is 11.1. The quantitative estimate of drug-likeness (QED) is 0.834. The number of thiazole rings is 1. The van der Waals surface area contributed by atoms with Gasteiger partial charge in [0.2, 0.25) is 5.91 Å². The molecule has 0 bridgehead atoms. The second-order valence-electron chi connectivity index (χ2n) is 5.38. The molecular weight excluding hydrogens is 260 g/mol. The molecule has 0 N–H and O–H groups in total. The van der Waals surface area contributed by atoms with Gasteiger partial charge in [-0.25, -0.2) is 4.98 Å². The maximum Gasteiger partial charge on any atom is 0.225 e. The Kier molecular flexibility index (Phi) is 4.13. The van der Waals surface area contributed by atoms with Gasteiger partial charge in [-0.1, -0.05) is 0 Å². The van der Waals surface area contributed by atoms with Gasteiger partial charge < -0.3 is 9.64 Å². The predicted octanol–water partition coefficient (Wildman–Crippen LogP) is 2.28. The van der Waals surface area contributed by atoms with E-state index >= 15 is 0 Å². The summed E-state index contributed by atoms with van der Waals surface area (Å²) in [6.45, 7) is 3.24. The number of carbonyl (C=O) groups is 1. The van der Waals surface area contributed by atoms with Gasteiger partial charge in [0.1, 0.15) is 0 Å². The molecular formula is C14H20N2O2S. The molecule has 1 aromatic heterocycles. The van der Waals surface area contributed by atoms with Crippen LogP contribution >= 0.6 is 11.3 Å². The number of aromatic nitrogens is 1. The summed E-state index contributed by atoms with van der Waals surface area (Å²) in [6.07, 6.45) is 5.89. The highest BCUT2D eigenvalue weighted by atomic mass is 32.1. The summed E-state index contributed by atoms with van der Waals surface area (Å²) >= 11 is 1.71. The standard InChI is InChI=1S/C14H20N2O2S/c17-14(11-3-7-18-8-4-11)16-6-1-2-12(10-16)13-15-5-9-19-13/h5,9,11-12H,1-4,6-8,10H2/t12-/m1/s1. The summed E-state index contributed by atoms with van der Waals surface area (Å²) < 4.78 is 5.34. The minimum Gasteiger partial charge on any atom is -0.381 e. The van der Waals surface area contributed by atoms with Gasteiger partial charge in [-0.05, 0) is 25.7 Å². The second-order valence-corrected chi connectivity index (χ2v) is 6.31. The molecule has 0 saturated carbocycles. The highest BCUT2D eigenvalue weighted by molar-refractivity contribution is 7.09. The molecule has 0 aliphatic carbocycles. The zero-order valence-corrected chi connectivity index (χ0v) is 11.9. The molecule has 2 fully saturated rings. The number of carbonyl (C=O) groups excluding carboxylic acids is 1. The van der Waals surface area contributed by atoms with Gasteiger partial charge in [-0.2, -0.15) is 0 Å². The second kappa shape index (κ2) is 6.01. The molecule has 4 nitrogen and oxygen atoms in total. The Morgan fingerprint density at radius 3 is 2.95 bits per heavy atom. The summed E-state index contributed by atoms with van der Waals surface area (Å²) in [5, 5.41) is 3.21. The van der Waals surface area contributed by atoms with Crippen molar-refractivity contribution >= 4 is 17.2 Å². The van der Waals surface area contributed by atoms with E-state index in [2.05, 4.69) is 9.88 Å². The Hall–Kier alpha value is -0.940. The van der Waals surface area contributed by atoms with Gasteiger partial charge in [0, 0.05) is 49.7 Å². The maximum absolute atomic E-state index is 12.5. The molecule has 19 heavy (non-hydrogen) atoms. The normalized spacial score (nSPS) is 25.5. The highest BCUT2D eigenvalue weighted by Crippen LogP contribution is 2.29. The molecule has 0 spiro atoms. The van der Waals surface area contributed by atoms with Crippen LogP contribution in [0.1, 0.15) is 36.6 Å². The fraction of sp³-hybridized carbons (Fsp3) is 0.714. The molecule has 5 heteroatoms. The average Bonchev–Trinajstić information content (AvgIpc) is 3.02. The van der Waals surface area contributed by atoms with Crippen LogP contribution in [0.5, 0.6) is 0 Å². The molecule has 2 aliphatic rings. The largest absolute Gasteiger partial charge is 0.381 e. The van der Waals surface area contributed by atoms with Crippen molar-refractivity contribution in [3.63, 3.8) is 0 Å². The third-order valence-corrected chi connectivity index (χ3v) is 5.04. The van der Waals surface area contributed by atoms with Crippen molar-refractivity contribution in [2.24, 2.45) is 5.92 Å². The topological polar surface area (TPSA) is 42.4 Å². The fourth-order valence-electron chi connectivity index (χ4n) is 3.02. The third-order valence-electron chi connectivity index (χ3n) is 4.10. The van der Waals surface area contributed by atoms with Crippen LogP contribution in [0.2, 0.25) is 0 Å². The first-order chi connectivity index (χ1) is 9.34. The molecule has 3 rings (SSSR count). The number of ether oxygens (including phenoxy) is 1. The van der Waals surface area contributed by atoms with Gasteiger partial charge in [-0.15, -0.1) is 11.3 Å². The van der Waals surface area contributed by atoms with Crippen LogP contribution in [0, 0.1) is 5.92 Å².